The van der Waals surface area contributed by atoms with E-state index in [-0.39, 0.29) is 5.82 Å². The summed E-state index contributed by atoms with van der Waals surface area (Å²) in [6.45, 7) is 1.76. The molecule has 2 aromatic rings. The van der Waals surface area contributed by atoms with Crippen molar-refractivity contribution >= 4 is 0 Å². The first-order valence-corrected chi connectivity index (χ1v) is 4.49. The highest BCUT2D eigenvalue weighted by molar-refractivity contribution is 5.58. The normalized spacial score (nSPS) is 10.3. The second-order valence-electron chi connectivity index (χ2n) is 3.26. The van der Waals surface area contributed by atoms with Crippen molar-refractivity contribution in [1.29, 1.82) is 0 Å². The summed E-state index contributed by atoms with van der Waals surface area (Å²) in [5.74, 6) is -0.341. The summed E-state index contributed by atoms with van der Waals surface area (Å²) in [7, 11) is 0. The average Bonchev–Trinajstić information content (AvgIpc) is 2.16. The van der Waals surface area contributed by atoms with Crippen LogP contribution in [0.5, 0.6) is 0 Å². The van der Waals surface area contributed by atoms with E-state index in [0.29, 0.717) is 17.0 Å². The number of nitrogens with zero attached hydrogens (tertiary/aromatic N) is 1. The molecule has 0 aliphatic heterocycles. The maximum Gasteiger partial charge on any atom is 0.345 e. The van der Waals surface area contributed by atoms with Crippen LogP contribution in [0.4, 0.5) is 4.39 Å². The highest BCUT2D eigenvalue weighted by Crippen LogP contribution is 2.16. The maximum atomic E-state index is 12.9. The molecule has 3 nitrogen and oxygen atoms in total. The fourth-order valence-electron chi connectivity index (χ4n) is 1.38. The van der Waals surface area contributed by atoms with E-state index in [4.69, 9.17) is 0 Å². The molecular formula is C11H9FN2O. The molecule has 0 aliphatic carbocycles. The summed E-state index contributed by atoms with van der Waals surface area (Å²) in [5.41, 5.74) is 1.36. The third-order valence-corrected chi connectivity index (χ3v) is 2.00. The topological polar surface area (TPSA) is 45.8 Å². The molecule has 0 fully saturated rings. The van der Waals surface area contributed by atoms with E-state index < -0.39 is 5.69 Å². The first-order valence-electron chi connectivity index (χ1n) is 4.49. The number of halogens is 1. The number of aromatic nitrogens is 2. The van der Waals surface area contributed by atoms with Crippen molar-refractivity contribution in [3.8, 4) is 11.3 Å². The van der Waals surface area contributed by atoms with Crippen LogP contribution in [0.15, 0.2) is 35.1 Å². The van der Waals surface area contributed by atoms with E-state index >= 15 is 0 Å². The number of hydrogen-bond donors (Lipinski definition) is 1. The summed E-state index contributed by atoms with van der Waals surface area (Å²) in [4.78, 5) is 17.4. The number of nitrogens with one attached hydrogen (secondary N) is 1. The van der Waals surface area contributed by atoms with Gasteiger partial charge < -0.3 is 4.98 Å². The molecule has 0 saturated carbocycles. The van der Waals surface area contributed by atoms with Crippen molar-refractivity contribution in [3.63, 3.8) is 0 Å². The van der Waals surface area contributed by atoms with E-state index in [2.05, 4.69) is 9.97 Å². The molecule has 76 valence electrons. The Morgan fingerprint density at radius 3 is 2.80 bits per heavy atom. The standard InChI is InChI=1S/C11H9FN2O/c1-7-5-10(14-11(15)13-7)8-3-2-4-9(12)6-8/h2-6H,1H3,(H,13,14,15). The van der Waals surface area contributed by atoms with Crippen LogP contribution in [-0.2, 0) is 0 Å². The minimum atomic E-state index is -0.422. The van der Waals surface area contributed by atoms with Crippen LogP contribution in [0.2, 0.25) is 0 Å². The Labute approximate surface area is 85.6 Å². The van der Waals surface area contributed by atoms with Gasteiger partial charge in [0.1, 0.15) is 5.82 Å². The highest BCUT2D eigenvalue weighted by atomic mass is 19.1. The van der Waals surface area contributed by atoms with E-state index in [1.807, 2.05) is 0 Å². The van der Waals surface area contributed by atoms with Crippen molar-refractivity contribution in [2.45, 2.75) is 6.92 Å². The van der Waals surface area contributed by atoms with Crippen LogP contribution >= 0.6 is 0 Å². The zero-order chi connectivity index (χ0) is 10.8. The highest BCUT2D eigenvalue weighted by Gasteiger charge is 2.02. The smallest absolute Gasteiger partial charge is 0.310 e. The quantitative estimate of drug-likeness (QED) is 0.770. The van der Waals surface area contributed by atoms with Gasteiger partial charge in [-0.1, -0.05) is 12.1 Å². The third-order valence-electron chi connectivity index (χ3n) is 2.00. The second kappa shape index (κ2) is 3.65. The van der Waals surface area contributed by atoms with Crippen molar-refractivity contribution < 1.29 is 4.39 Å². The minimum absolute atomic E-state index is 0.341. The van der Waals surface area contributed by atoms with Crippen LogP contribution in [0.3, 0.4) is 0 Å². The van der Waals surface area contributed by atoms with E-state index in [0.717, 1.165) is 0 Å². The number of aromatic amines is 1. The lowest BCUT2D eigenvalue weighted by atomic mass is 10.1. The van der Waals surface area contributed by atoms with Gasteiger partial charge in [-0.15, -0.1) is 0 Å². The molecule has 1 heterocycles. The van der Waals surface area contributed by atoms with Crippen LogP contribution in [0.1, 0.15) is 5.69 Å². The number of aryl methyl sites for hydroxylation is 1. The SMILES string of the molecule is Cc1cc(-c2cccc(F)c2)nc(=O)[nH]1. The summed E-state index contributed by atoms with van der Waals surface area (Å²) < 4.78 is 12.9. The van der Waals surface area contributed by atoms with Crippen molar-refractivity contribution in [2.75, 3.05) is 0 Å². The Balaban J connectivity index is 2.59. The van der Waals surface area contributed by atoms with Crippen LogP contribution in [0, 0.1) is 12.7 Å². The summed E-state index contributed by atoms with van der Waals surface area (Å²) >= 11 is 0. The molecule has 0 saturated heterocycles. The second-order valence-corrected chi connectivity index (χ2v) is 3.26. The van der Waals surface area contributed by atoms with Gasteiger partial charge in [0.05, 0.1) is 5.69 Å². The van der Waals surface area contributed by atoms with E-state index in [1.54, 1.807) is 25.1 Å². The largest absolute Gasteiger partial charge is 0.345 e. The lowest BCUT2D eigenvalue weighted by Gasteiger charge is -2.00. The number of benzene rings is 1. The Kier molecular flexibility index (Phi) is 2.33. The molecular weight excluding hydrogens is 195 g/mol. The molecule has 1 aromatic heterocycles. The zero-order valence-electron chi connectivity index (χ0n) is 8.12. The Morgan fingerprint density at radius 1 is 1.33 bits per heavy atom. The molecule has 15 heavy (non-hydrogen) atoms. The summed E-state index contributed by atoms with van der Waals surface area (Å²) in [6, 6.07) is 7.70. The van der Waals surface area contributed by atoms with Crippen molar-refractivity contribution in [2.24, 2.45) is 0 Å². The number of hydrogen-bond acceptors (Lipinski definition) is 2. The molecule has 0 bridgehead atoms. The minimum Gasteiger partial charge on any atom is -0.310 e. The molecule has 0 atom stereocenters. The number of H-pyrrole nitrogens is 1. The van der Waals surface area contributed by atoms with E-state index in [1.165, 1.54) is 12.1 Å². The van der Waals surface area contributed by atoms with Crippen LogP contribution in [-0.4, -0.2) is 9.97 Å². The van der Waals surface area contributed by atoms with Gasteiger partial charge in [0.15, 0.2) is 0 Å². The monoisotopic (exact) mass is 204 g/mol. The van der Waals surface area contributed by atoms with Gasteiger partial charge in [-0.2, -0.15) is 4.98 Å². The van der Waals surface area contributed by atoms with Crippen LogP contribution < -0.4 is 5.69 Å². The van der Waals surface area contributed by atoms with Gasteiger partial charge in [0.2, 0.25) is 0 Å². The Morgan fingerprint density at radius 2 is 2.13 bits per heavy atom. The fraction of sp³-hybridized carbons (Fsp3) is 0.0909. The van der Waals surface area contributed by atoms with Gasteiger partial charge in [-0.05, 0) is 25.1 Å². The lowest BCUT2D eigenvalue weighted by molar-refractivity contribution is 0.628. The van der Waals surface area contributed by atoms with Gasteiger partial charge in [-0.3, -0.25) is 0 Å². The summed E-state index contributed by atoms with van der Waals surface area (Å²) in [6.07, 6.45) is 0. The molecule has 1 N–H and O–H groups in total. The predicted octanol–water partition coefficient (Wildman–Crippen LogP) is 1.88. The third kappa shape index (κ3) is 2.10. The molecule has 0 radical (unpaired) electrons. The van der Waals surface area contributed by atoms with Gasteiger partial charge >= 0.3 is 5.69 Å². The maximum absolute atomic E-state index is 12.9. The molecule has 0 unspecified atom stereocenters. The molecule has 0 amide bonds. The van der Waals surface area contributed by atoms with Gasteiger partial charge in [-0.25, -0.2) is 9.18 Å². The van der Waals surface area contributed by atoms with Crippen LogP contribution in [0.25, 0.3) is 11.3 Å². The lowest BCUT2D eigenvalue weighted by Crippen LogP contribution is -2.11. The van der Waals surface area contributed by atoms with Gasteiger partial charge in [0, 0.05) is 11.3 Å². The van der Waals surface area contributed by atoms with Crippen molar-refractivity contribution in [3.05, 3.63) is 52.3 Å². The molecule has 0 spiro atoms. The first kappa shape index (κ1) is 9.58. The van der Waals surface area contributed by atoms with E-state index in [9.17, 15) is 9.18 Å². The van der Waals surface area contributed by atoms with Crippen molar-refractivity contribution in [1.82, 2.24) is 9.97 Å². The average molecular weight is 204 g/mol. The molecule has 0 aliphatic rings. The summed E-state index contributed by atoms with van der Waals surface area (Å²) in [5, 5.41) is 0. The Bertz CT molecular complexity index is 548. The van der Waals surface area contributed by atoms with Gasteiger partial charge in [0.25, 0.3) is 0 Å². The number of rotatable bonds is 1. The Hall–Kier alpha value is -1.97. The molecule has 4 heteroatoms. The first-order chi connectivity index (χ1) is 7.15. The fourth-order valence-corrected chi connectivity index (χ4v) is 1.38. The predicted molar refractivity (Wildman–Crippen MR) is 55.0 cm³/mol. The zero-order valence-corrected chi connectivity index (χ0v) is 8.12. The molecule has 2 rings (SSSR count). The molecule has 1 aromatic carbocycles.